The topological polar surface area (TPSA) is 111 Å². The zero-order chi connectivity index (χ0) is 44.3. The molecule has 2 atom stereocenters. The Kier molecular flexibility index (Phi) is 39.6. The summed E-state index contributed by atoms with van der Waals surface area (Å²) >= 11 is 0. The van der Waals surface area contributed by atoms with Gasteiger partial charge in [0.1, 0.15) is 19.8 Å². The molecule has 0 spiro atoms. The van der Waals surface area contributed by atoms with Gasteiger partial charge in [-0.1, -0.05) is 170 Å². The maximum Gasteiger partial charge on any atom is 0.306 e. The Hall–Kier alpha value is -2.81. The summed E-state index contributed by atoms with van der Waals surface area (Å²) in [6.45, 7) is 3.98. The Morgan fingerprint density at radius 3 is 1.42 bits per heavy atom. The van der Waals surface area contributed by atoms with Crippen molar-refractivity contribution in [1.82, 2.24) is 0 Å². The highest BCUT2D eigenvalue weighted by Crippen LogP contribution is 2.38. The maximum absolute atomic E-state index is 12.6. The standard InChI is InChI=1S/C50H86NO8P/c1-6-8-10-12-13-14-15-16-17-18-19-20-21-22-23-24-25-26-27-28-29-30-31-32-33-34-35-36-37-39-41-43-50(53)59-48(46-56-49(52)42-40-38-11-9-7-2)47-58-60(54,55)57-45-44-51(3,4)5/h8,10,13-14,16-17,19-20,22-23,25-26,28-29,48H,6-7,9,11-12,15,18,21,24,27,30-47H2,1-5H3/b10-8-,14-13-,17-16-,20-19-,23-22-,26-25-,29-28-. The van der Waals surface area contributed by atoms with Crippen LogP contribution in [0.4, 0.5) is 0 Å². The van der Waals surface area contributed by atoms with Crippen molar-refractivity contribution >= 4 is 19.8 Å². The third kappa shape index (κ3) is 44.7. The molecule has 0 aromatic rings. The molecule has 2 unspecified atom stereocenters. The fraction of sp³-hybridized carbons (Fsp3) is 0.680. The van der Waals surface area contributed by atoms with Crippen LogP contribution in [0.2, 0.25) is 0 Å². The van der Waals surface area contributed by atoms with E-state index in [2.05, 4.69) is 98.9 Å². The van der Waals surface area contributed by atoms with E-state index in [1.807, 2.05) is 21.1 Å². The molecule has 0 aliphatic carbocycles. The largest absolute Gasteiger partial charge is 0.756 e. The molecule has 0 aliphatic rings. The average molecular weight is 860 g/mol. The minimum atomic E-state index is -4.62. The van der Waals surface area contributed by atoms with E-state index in [1.165, 1.54) is 32.1 Å². The van der Waals surface area contributed by atoms with Crippen molar-refractivity contribution < 1.29 is 42.1 Å². The molecule has 0 saturated carbocycles. The molecule has 0 fully saturated rings. The highest BCUT2D eigenvalue weighted by molar-refractivity contribution is 7.45. The Morgan fingerprint density at radius 1 is 0.533 bits per heavy atom. The van der Waals surface area contributed by atoms with E-state index in [9.17, 15) is 19.0 Å². The lowest BCUT2D eigenvalue weighted by Gasteiger charge is -2.28. The number of hydrogen-bond acceptors (Lipinski definition) is 8. The van der Waals surface area contributed by atoms with Crippen molar-refractivity contribution in [2.75, 3.05) is 47.5 Å². The number of hydrogen-bond donors (Lipinski definition) is 0. The van der Waals surface area contributed by atoms with Gasteiger partial charge in [0.25, 0.3) is 7.82 Å². The van der Waals surface area contributed by atoms with Crippen LogP contribution in [0, 0.1) is 0 Å². The number of carbonyl (C=O) groups excluding carboxylic acids is 2. The van der Waals surface area contributed by atoms with Gasteiger partial charge in [-0.3, -0.25) is 14.2 Å². The molecule has 0 radical (unpaired) electrons. The lowest BCUT2D eigenvalue weighted by atomic mass is 10.1. The van der Waals surface area contributed by atoms with Crippen molar-refractivity contribution in [3.05, 3.63) is 85.1 Å². The van der Waals surface area contributed by atoms with Crippen molar-refractivity contribution in [1.29, 1.82) is 0 Å². The summed E-state index contributed by atoms with van der Waals surface area (Å²) in [5, 5.41) is 0. The molecular weight excluding hydrogens is 774 g/mol. The van der Waals surface area contributed by atoms with Gasteiger partial charge in [0.2, 0.25) is 0 Å². The summed E-state index contributed by atoms with van der Waals surface area (Å²) in [7, 11) is 1.15. The number of nitrogens with zero attached hydrogens (tertiary/aromatic N) is 1. The molecule has 0 saturated heterocycles. The lowest BCUT2D eigenvalue weighted by molar-refractivity contribution is -0.870. The van der Waals surface area contributed by atoms with E-state index in [1.54, 1.807) is 0 Å². The van der Waals surface area contributed by atoms with E-state index in [0.717, 1.165) is 103 Å². The molecule has 0 aromatic heterocycles. The molecule has 9 nitrogen and oxygen atoms in total. The Labute approximate surface area is 367 Å². The molecular formula is C50H86NO8P. The Morgan fingerprint density at radius 2 is 0.950 bits per heavy atom. The molecule has 10 heteroatoms. The first-order valence-electron chi connectivity index (χ1n) is 23.3. The maximum atomic E-state index is 12.6. The Balaban J connectivity index is 4.06. The molecule has 344 valence electrons. The van der Waals surface area contributed by atoms with Gasteiger partial charge >= 0.3 is 11.9 Å². The third-order valence-corrected chi connectivity index (χ3v) is 10.4. The number of phosphoric ester groups is 1. The molecule has 0 heterocycles. The Bertz CT molecular complexity index is 1290. The smallest absolute Gasteiger partial charge is 0.306 e. The van der Waals surface area contributed by atoms with Crippen LogP contribution < -0.4 is 4.89 Å². The number of carbonyl (C=O) groups is 2. The van der Waals surface area contributed by atoms with Crippen molar-refractivity contribution in [3.8, 4) is 0 Å². The summed E-state index contributed by atoms with van der Waals surface area (Å²) in [5.41, 5.74) is 0. The van der Waals surface area contributed by atoms with Gasteiger partial charge in [0, 0.05) is 12.8 Å². The molecule has 0 aromatic carbocycles. The minimum Gasteiger partial charge on any atom is -0.756 e. The van der Waals surface area contributed by atoms with Crippen LogP contribution in [-0.4, -0.2) is 70.0 Å². The van der Waals surface area contributed by atoms with E-state index >= 15 is 0 Å². The first-order valence-corrected chi connectivity index (χ1v) is 24.8. The van der Waals surface area contributed by atoms with Crippen LogP contribution in [0.5, 0.6) is 0 Å². The van der Waals surface area contributed by atoms with Crippen molar-refractivity contribution in [2.45, 2.75) is 174 Å². The van der Waals surface area contributed by atoms with Crippen LogP contribution in [0.1, 0.15) is 168 Å². The number of likely N-dealkylation sites (N-methyl/N-ethyl adjacent to an activating group) is 1. The van der Waals surface area contributed by atoms with E-state index in [4.69, 9.17) is 18.5 Å². The second-order valence-electron chi connectivity index (χ2n) is 16.4. The molecule has 0 aliphatic heterocycles. The molecule has 0 N–H and O–H groups in total. The summed E-state index contributed by atoms with van der Waals surface area (Å²) in [6, 6.07) is 0. The quantitative estimate of drug-likeness (QED) is 0.0196. The molecule has 60 heavy (non-hydrogen) atoms. The number of allylic oxidation sites excluding steroid dienone is 14. The van der Waals surface area contributed by atoms with Gasteiger partial charge in [-0.25, -0.2) is 0 Å². The van der Waals surface area contributed by atoms with Crippen LogP contribution in [0.15, 0.2) is 85.1 Å². The van der Waals surface area contributed by atoms with E-state index in [-0.39, 0.29) is 26.1 Å². The van der Waals surface area contributed by atoms with Crippen LogP contribution in [-0.2, 0) is 32.7 Å². The number of esters is 2. The minimum absolute atomic E-state index is 0.0355. The van der Waals surface area contributed by atoms with Crippen LogP contribution in [0.25, 0.3) is 0 Å². The highest BCUT2D eigenvalue weighted by atomic mass is 31.2. The number of unbranched alkanes of at least 4 members (excludes halogenated alkanes) is 13. The molecule has 0 bridgehead atoms. The molecule has 0 amide bonds. The fourth-order valence-electron chi connectivity index (χ4n) is 5.81. The number of quaternary nitrogens is 1. The van der Waals surface area contributed by atoms with Gasteiger partial charge in [-0.2, -0.15) is 0 Å². The highest BCUT2D eigenvalue weighted by Gasteiger charge is 2.21. The third-order valence-electron chi connectivity index (χ3n) is 9.43. The normalized spacial score (nSPS) is 14.3. The zero-order valence-corrected chi connectivity index (χ0v) is 39.5. The van der Waals surface area contributed by atoms with Gasteiger partial charge < -0.3 is 27.9 Å². The van der Waals surface area contributed by atoms with E-state index < -0.39 is 32.5 Å². The predicted molar refractivity (Wildman–Crippen MR) is 249 cm³/mol. The monoisotopic (exact) mass is 860 g/mol. The summed E-state index contributed by atoms with van der Waals surface area (Å²) < 4.78 is 33.7. The van der Waals surface area contributed by atoms with Gasteiger partial charge in [-0.15, -0.1) is 0 Å². The van der Waals surface area contributed by atoms with Crippen LogP contribution >= 0.6 is 7.82 Å². The van der Waals surface area contributed by atoms with E-state index in [0.29, 0.717) is 17.4 Å². The summed E-state index contributed by atoms with van der Waals surface area (Å²) in [6.07, 6.45) is 53.8. The first kappa shape index (κ1) is 57.2. The second kappa shape index (κ2) is 41.5. The van der Waals surface area contributed by atoms with Crippen molar-refractivity contribution in [3.63, 3.8) is 0 Å². The first-order chi connectivity index (χ1) is 29.0. The van der Waals surface area contributed by atoms with Crippen LogP contribution in [0.3, 0.4) is 0 Å². The lowest BCUT2D eigenvalue weighted by Crippen LogP contribution is -2.37. The number of rotatable bonds is 41. The SMILES string of the molecule is CC/C=C\C/C=C\C/C=C\C/C=C\C/C=C\C/C=C\C/C=C\CCCCCCCCCCCC(=O)OC(COC(=O)CCCCCCC)COP(=O)([O-])OCC[N+](C)(C)C. The van der Waals surface area contributed by atoms with Gasteiger partial charge in [-0.05, 0) is 70.6 Å². The number of phosphoric acid groups is 1. The fourth-order valence-corrected chi connectivity index (χ4v) is 6.54. The summed E-state index contributed by atoms with van der Waals surface area (Å²) in [4.78, 5) is 37.2. The van der Waals surface area contributed by atoms with Gasteiger partial charge in [0.05, 0.1) is 27.7 Å². The van der Waals surface area contributed by atoms with Crippen molar-refractivity contribution in [2.24, 2.45) is 0 Å². The predicted octanol–water partition coefficient (Wildman–Crippen LogP) is 12.9. The zero-order valence-electron chi connectivity index (χ0n) is 38.6. The second-order valence-corrected chi connectivity index (χ2v) is 17.8. The molecule has 0 rings (SSSR count). The van der Waals surface area contributed by atoms with Gasteiger partial charge in [0.15, 0.2) is 6.10 Å². The average Bonchev–Trinajstić information content (AvgIpc) is 3.20. The summed E-state index contributed by atoms with van der Waals surface area (Å²) in [5.74, 6) is -0.862. The number of ether oxygens (including phenoxy) is 2.